The van der Waals surface area contributed by atoms with Crippen LogP contribution < -0.4 is 5.32 Å². The highest BCUT2D eigenvalue weighted by molar-refractivity contribution is 6.17. The smallest absolute Gasteiger partial charge is 0.270 e. The summed E-state index contributed by atoms with van der Waals surface area (Å²) in [5.74, 6) is 0.0582. The van der Waals surface area contributed by atoms with E-state index in [9.17, 15) is 9.90 Å². The predicted molar refractivity (Wildman–Crippen MR) is 100 cm³/mol. The number of hydrogen-bond acceptors (Lipinski definition) is 3. The average molecular weight is 333 g/mol. The lowest BCUT2D eigenvalue weighted by molar-refractivity contribution is 0.0952. The van der Waals surface area contributed by atoms with Gasteiger partial charge in [-0.15, -0.1) is 0 Å². The van der Waals surface area contributed by atoms with Gasteiger partial charge in [-0.1, -0.05) is 0 Å². The molecule has 5 nitrogen and oxygen atoms in total. The summed E-state index contributed by atoms with van der Waals surface area (Å²) in [6, 6.07) is 9.33. The quantitative estimate of drug-likeness (QED) is 0.588. The minimum atomic E-state index is -0.171. The molecule has 0 radical (unpaired) electrons. The molecule has 2 heterocycles. The van der Waals surface area contributed by atoms with Crippen LogP contribution in [0.25, 0.3) is 32.6 Å². The molecule has 0 atom stereocenters. The Morgan fingerprint density at radius 1 is 1.16 bits per heavy atom. The number of amides is 1. The number of aromatic hydroxyl groups is 1. The van der Waals surface area contributed by atoms with Crippen LogP contribution in [0.4, 0.5) is 0 Å². The zero-order chi connectivity index (χ0) is 17.7. The van der Waals surface area contributed by atoms with E-state index in [4.69, 9.17) is 0 Å². The standard InChI is InChI=1S/C20H19N3O2/c1-4-21-20(25)18-15-10-16-14-9-12(24)5-6-17(14)23(3)19(16)11(2)13(15)7-8-22-18/h5-10,24H,4H2,1-3H3,(H,21,25). The van der Waals surface area contributed by atoms with E-state index in [1.807, 2.05) is 32.2 Å². The first-order valence-corrected chi connectivity index (χ1v) is 8.30. The van der Waals surface area contributed by atoms with Crippen LogP contribution in [-0.2, 0) is 7.05 Å². The molecule has 0 spiro atoms. The van der Waals surface area contributed by atoms with Crippen molar-refractivity contribution in [3.05, 3.63) is 47.8 Å². The number of nitrogens with one attached hydrogen (secondary N) is 1. The van der Waals surface area contributed by atoms with Gasteiger partial charge in [-0.2, -0.15) is 0 Å². The highest BCUT2D eigenvalue weighted by atomic mass is 16.3. The Kier molecular flexibility index (Phi) is 3.39. The monoisotopic (exact) mass is 333 g/mol. The minimum absolute atomic E-state index is 0.171. The van der Waals surface area contributed by atoms with Crippen LogP contribution in [0.1, 0.15) is 23.0 Å². The first kappa shape index (κ1) is 15.4. The number of phenolic OH excluding ortho intramolecular Hbond substituents is 1. The Labute approximate surface area is 144 Å². The van der Waals surface area contributed by atoms with Crippen LogP contribution >= 0.6 is 0 Å². The van der Waals surface area contributed by atoms with Crippen molar-refractivity contribution in [1.82, 2.24) is 14.9 Å². The third kappa shape index (κ3) is 2.16. The fourth-order valence-corrected chi connectivity index (χ4v) is 3.70. The van der Waals surface area contributed by atoms with Gasteiger partial charge in [0.25, 0.3) is 5.91 Å². The molecule has 2 aromatic carbocycles. The second-order valence-corrected chi connectivity index (χ2v) is 6.27. The molecule has 0 saturated carbocycles. The lowest BCUT2D eigenvalue weighted by Gasteiger charge is -2.10. The number of pyridine rings is 1. The van der Waals surface area contributed by atoms with Crippen molar-refractivity contribution in [2.75, 3.05) is 6.54 Å². The van der Waals surface area contributed by atoms with Gasteiger partial charge in [0.1, 0.15) is 11.4 Å². The molecule has 0 aliphatic heterocycles. The molecule has 126 valence electrons. The number of benzene rings is 2. The van der Waals surface area contributed by atoms with E-state index in [0.29, 0.717) is 12.2 Å². The summed E-state index contributed by atoms with van der Waals surface area (Å²) in [6.07, 6.45) is 1.68. The van der Waals surface area contributed by atoms with Crippen molar-refractivity contribution in [3.8, 4) is 5.75 Å². The molecule has 0 bridgehead atoms. The molecule has 2 N–H and O–H groups in total. The van der Waals surface area contributed by atoms with Crippen LogP contribution in [0, 0.1) is 6.92 Å². The molecule has 0 aliphatic carbocycles. The molecule has 0 fully saturated rings. The van der Waals surface area contributed by atoms with Crippen LogP contribution in [-0.4, -0.2) is 27.1 Å². The topological polar surface area (TPSA) is 67.2 Å². The van der Waals surface area contributed by atoms with Gasteiger partial charge in [0.15, 0.2) is 0 Å². The predicted octanol–water partition coefficient (Wildman–Crippen LogP) is 3.64. The summed E-state index contributed by atoms with van der Waals surface area (Å²) in [5, 5.41) is 16.6. The maximum Gasteiger partial charge on any atom is 0.270 e. The summed E-state index contributed by atoms with van der Waals surface area (Å²) in [6.45, 7) is 4.51. The van der Waals surface area contributed by atoms with E-state index in [0.717, 1.165) is 38.1 Å². The Balaban J connectivity index is 2.19. The molecule has 25 heavy (non-hydrogen) atoms. The summed E-state index contributed by atoms with van der Waals surface area (Å²) >= 11 is 0. The number of phenols is 1. The fraction of sp³-hybridized carbons (Fsp3) is 0.200. The second-order valence-electron chi connectivity index (χ2n) is 6.27. The highest BCUT2D eigenvalue weighted by Gasteiger charge is 2.17. The first-order chi connectivity index (χ1) is 12.0. The van der Waals surface area contributed by atoms with Gasteiger partial charge < -0.3 is 15.0 Å². The number of hydrogen-bond donors (Lipinski definition) is 2. The third-order valence-corrected chi connectivity index (χ3v) is 4.81. The van der Waals surface area contributed by atoms with E-state index >= 15 is 0 Å². The van der Waals surface area contributed by atoms with Gasteiger partial charge in [0.05, 0.1) is 5.52 Å². The number of fused-ring (bicyclic) bond motifs is 4. The molecule has 5 heteroatoms. The van der Waals surface area contributed by atoms with Crippen LogP contribution in [0.3, 0.4) is 0 Å². The second kappa shape index (κ2) is 5.48. The van der Waals surface area contributed by atoms with Crippen molar-refractivity contribution in [1.29, 1.82) is 0 Å². The number of rotatable bonds is 2. The van der Waals surface area contributed by atoms with Gasteiger partial charge in [0.2, 0.25) is 0 Å². The number of carbonyl (C=O) groups excluding carboxylic acids is 1. The zero-order valence-corrected chi connectivity index (χ0v) is 14.4. The number of aromatic nitrogens is 2. The molecule has 0 aliphatic rings. The molecule has 4 aromatic rings. The Hall–Kier alpha value is -3.08. The van der Waals surface area contributed by atoms with Gasteiger partial charge in [0, 0.05) is 41.5 Å². The van der Waals surface area contributed by atoms with E-state index < -0.39 is 0 Å². The average Bonchev–Trinajstić information content (AvgIpc) is 2.87. The minimum Gasteiger partial charge on any atom is -0.508 e. The SMILES string of the molecule is CCNC(=O)c1nccc2c(C)c3c(cc12)c1cc(O)ccc1n3C. The lowest BCUT2D eigenvalue weighted by atomic mass is 10.00. The summed E-state index contributed by atoms with van der Waals surface area (Å²) in [7, 11) is 2.02. The number of aryl methyl sites for hydroxylation is 2. The van der Waals surface area contributed by atoms with Crippen molar-refractivity contribution in [2.24, 2.45) is 7.05 Å². The largest absolute Gasteiger partial charge is 0.508 e. The van der Waals surface area contributed by atoms with Crippen LogP contribution in [0.2, 0.25) is 0 Å². The molecular weight excluding hydrogens is 314 g/mol. The van der Waals surface area contributed by atoms with Crippen molar-refractivity contribution in [2.45, 2.75) is 13.8 Å². The van der Waals surface area contributed by atoms with Gasteiger partial charge >= 0.3 is 0 Å². The number of carbonyl (C=O) groups is 1. The highest BCUT2D eigenvalue weighted by Crippen LogP contribution is 2.36. The molecule has 4 rings (SSSR count). The maximum absolute atomic E-state index is 12.4. The zero-order valence-electron chi connectivity index (χ0n) is 14.4. The normalized spacial score (nSPS) is 11.5. The summed E-state index contributed by atoms with van der Waals surface area (Å²) < 4.78 is 2.13. The summed E-state index contributed by atoms with van der Waals surface area (Å²) in [5.41, 5.74) is 3.67. The Bertz CT molecular complexity index is 1160. The van der Waals surface area contributed by atoms with Gasteiger partial charge in [-0.3, -0.25) is 9.78 Å². The molecule has 0 saturated heterocycles. The number of nitrogens with zero attached hydrogens (tertiary/aromatic N) is 2. The van der Waals surface area contributed by atoms with Gasteiger partial charge in [-0.05, 0) is 55.1 Å². The Morgan fingerprint density at radius 2 is 1.96 bits per heavy atom. The van der Waals surface area contributed by atoms with E-state index in [2.05, 4.69) is 21.8 Å². The van der Waals surface area contributed by atoms with Crippen LogP contribution in [0.5, 0.6) is 5.75 Å². The molecular formula is C20H19N3O2. The fourth-order valence-electron chi connectivity index (χ4n) is 3.70. The Morgan fingerprint density at radius 3 is 2.72 bits per heavy atom. The molecule has 2 aromatic heterocycles. The van der Waals surface area contributed by atoms with E-state index in [1.165, 1.54) is 0 Å². The van der Waals surface area contributed by atoms with Crippen molar-refractivity contribution >= 4 is 38.5 Å². The summed E-state index contributed by atoms with van der Waals surface area (Å²) in [4.78, 5) is 16.7. The lowest BCUT2D eigenvalue weighted by Crippen LogP contribution is -2.24. The van der Waals surface area contributed by atoms with E-state index in [1.54, 1.807) is 18.3 Å². The van der Waals surface area contributed by atoms with Gasteiger partial charge in [-0.25, -0.2) is 0 Å². The van der Waals surface area contributed by atoms with Crippen molar-refractivity contribution in [3.63, 3.8) is 0 Å². The van der Waals surface area contributed by atoms with Crippen LogP contribution in [0.15, 0.2) is 36.5 Å². The van der Waals surface area contributed by atoms with Crippen molar-refractivity contribution < 1.29 is 9.90 Å². The molecule has 0 unspecified atom stereocenters. The third-order valence-electron chi connectivity index (χ3n) is 4.81. The molecule has 1 amide bonds. The first-order valence-electron chi connectivity index (χ1n) is 8.30. The van der Waals surface area contributed by atoms with E-state index in [-0.39, 0.29) is 11.7 Å². The maximum atomic E-state index is 12.4.